The number of aryl methyl sites for hydroxylation is 2. The maximum absolute atomic E-state index is 12.4. The first-order valence-electron chi connectivity index (χ1n) is 9.28. The van der Waals surface area contributed by atoms with Gasteiger partial charge in [-0.3, -0.25) is 5.10 Å². The molecule has 1 aliphatic carbocycles. The number of nitrogens with zero attached hydrogens (tertiary/aromatic N) is 3. The third-order valence-electron chi connectivity index (χ3n) is 4.77. The molecule has 146 valence electrons. The zero-order valence-electron chi connectivity index (χ0n) is 15.8. The van der Waals surface area contributed by atoms with E-state index in [-0.39, 0.29) is 6.03 Å². The number of hydrogen-bond donors (Lipinski definition) is 3. The van der Waals surface area contributed by atoms with Crippen LogP contribution in [0, 0.1) is 0 Å². The number of aromatic nitrogens is 4. The number of rotatable bonds is 6. The molecule has 1 aromatic carbocycles. The number of nitrogens with one attached hydrogen (secondary N) is 3. The van der Waals surface area contributed by atoms with Crippen LogP contribution in [0.2, 0.25) is 0 Å². The molecule has 0 aliphatic heterocycles. The smallest absolute Gasteiger partial charge is 0.319 e. The van der Waals surface area contributed by atoms with E-state index in [1.807, 2.05) is 13.0 Å². The van der Waals surface area contributed by atoms with Gasteiger partial charge in [-0.2, -0.15) is 5.10 Å². The van der Waals surface area contributed by atoms with Crippen LogP contribution >= 0.6 is 0 Å². The highest BCUT2D eigenvalue weighted by atomic mass is 16.5. The standard InChI is InChI=1S/C19H22N6O3/c1-3-17-24-25-18(28-17)11-7-8-16(27-2)14(9-11)21-19(26)20-10-15-12-5-4-6-13(12)22-23-15/h7-9H,3-6,10H2,1-2H3,(H,22,23)(H2,20,21,26). The van der Waals surface area contributed by atoms with E-state index in [1.54, 1.807) is 19.2 Å². The maximum Gasteiger partial charge on any atom is 0.319 e. The van der Waals surface area contributed by atoms with Crippen molar-refractivity contribution in [2.75, 3.05) is 12.4 Å². The first kappa shape index (κ1) is 18.0. The normalized spacial score (nSPS) is 12.6. The van der Waals surface area contributed by atoms with Crippen LogP contribution in [0.15, 0.2) is 22.6 Å². The second-order valence-corrected chi connectivity index (χ2v) is 6.56. The number of aromatic amines is 1. The second kappa shape index (κ2) is 7.71. The number of urea groups is 1. The molecule has 0 unspecified atom stereocenters. The molecule has 1 aliphatic rings. The van der Waals surface area contributed by atoms with Crippen molar-refractivity contribution in [1.82, 2.24) is 25.7 Å². The van der Waals surface area contributed by atoms with Crippen LogP contribution in [-0.2, 0) is 25.8 Å². The molecular weight excluding hydrogens is 360 g/mol. The summed E-state index contributed by atoms with van der Waals surface area (Å²) in [5.41, 5.74) is 4.51. The van der Waals surface area contributed by atoms with Gasteiger partial charge in [0.15, 0.2) is 0 Å². The highest BCUT2D eigenvalue weighted by Crippen LogP contribution is 2.30. The van der Waals surface area contributed by atoms with E-state index in [1.165, 1.54) is 11.3 Å². The summed E-state index contributed by atoms with van der Waals surface area (Å²) in [6.45, 7) is 2.31. The summed E-state index contributed by atoms with van der Waals surface area (Å²) >= 11 is 0. The predicted octanol–water partition coefficient (Wildman–Crippen LogP) is 2.84. The molecule has 0 spiro atoms. The minimum absolute atomic E-state index is 0.343. The van der Waals surface area contributed by atoms with E-state index >= 15 is 0 Å². The lowest BCUT2D eigenvalue weighted by Crippen LogP contribution is -2.28. The molecule has 0 fully saturated rings. The Morgan fingerprint density at radius 1 is 1.32 bits per heavy atom. The van der Waals surface area contributed by atoms with Gasteiger partial charge in [-0.15, -0.1) is 10.2 Å². The van der Waals surface area contributed by atoms with Crippen molar-refractivity contribution >= 4 is 11.7 Å². The minimum atomic E-state index is -0.343. The van der Waals surface area contributed by atoms with E-state index in [9.17, 15) is 4.79 Å². The maximum atomic E-state index is 12.4. The Balaban J connectivity index is 1.46. The van der Waals surface area contributed by atoms with Crippen molar-refractivity contribution in [1.29, 1.82) is 0 Å². The van der Waals surface area contributed by atoms with Crippen LogP contribution in [0.3, 0.4) is 0 Å². The molecule has 2 amide bonds. The fraction of sp³-hybridized carbons (Fsp3) is 0.368. The third-order valence-corrected chi connectivity index (χ3v) is 4.77. The number of ether oxygens (including phenoxy) is 1. The van der Waals surface area contributed by atoms with Gasteiger partial charge in [0.25, 0.3) is 0 Å². The van der Waals surface area contributed by atoms with Gasteiger partial charge < -0.3 is 19.8 Å². The number of methoxy groups -OCH3 is 1. The van der Waals surface area contributed by atoms with Crippen LogP contribution < -0.4 is 15.4 Å². The van der Waals surface area contributed by atoms with Gasteiger partial charge in [0, 0.05) is 17.7 Å². The molecule has 0 saturated carbocycles. The van der Waals surface area contributed by atoms with Crippen LogP contribution in [0.1, 0.15) is 36.2 Å². The molecule has 3 aromatic rings. The van der Waals surface area contributed by atoms with Crippen molar-refractivity contribution in [2.24, 2.45) is 0 Å². The number of carbonyl (C=O) groups excluding carboxylic acids is 1. The van der Waals surface area contributed by atoms with Crippen molar-refractivity contribution in [3.05, 3.63) is 41.0 Å². The van der Waals surface area contributed by atoms with Gasteiger partial charge >= 0.3 is 6.03 Å². The molecule has 0 radical (unpaired) electrons. The fourth-order valence-corrected chi connectivity index (χ4v) is 3.32. The summed E-state index contributed by atoms with van der Waals surface area (Å²) in [5.74, 6) is 1.49. The summed E-state index contributed by atoms with van der Waals surface area (Å²) < 4.78 is 10.9. The summed E-state index contributed by atoms with van der Waals surface area (Å²) in [6, 6.07) is 4.96. The third kappa shape index (κ3) is 3.55. The molecule has 28 heavy (non-hydrogen) atoms. The average molecular weight is 382 g/mol. The zero-order valence-corrected chi connectivity index (χ0v) is 15.8. The van der Waals surface area contributed by atoms with E-state index in [0.29, 0.717) is 41.7 Å². The largest absolute Gasteiger partial charge is 0.495 e. The van der Waals surface area contributed by atoms with Crippen LogP contribution in [-0.4, -0.2) is 33.5 Å². The van der Waals surface area contributed by atoms with Crippen molar-refractivity contribution in [2.45, 2.75) is 39.2 Å². The lowest BCUT2D eigenvalue weighted by Gasteiger charge is -2.12. The SMILES string of the molecule is CCc1nnc(-c2ccc(OC)c(NC(=O)NCc3n[nH]c4c3CCC4)c2)o1. The van der Waals surface area contributed by atoms with E-state index in [4.69, 9.17) is 9.15 Å². The lowest BCUT2D eigenvalue weighted by molar-refractivity contribution is 0.251. The molecule has 0 bridgehead atoms. The first-order valence-corrected chi connectivity index (χ1v) is 9.28. The van der Waals surface area contributed by atoms with Gasteiger partial charge in [-0.25, -0.2) is 4.79 Å². The molecular formula is C19H22N6O3. The Kier molecular flexibility index (Phi) is 4.96. The van der Waals surface area contributed by atoms with Gasteiger partial charge in [-0.05, 0) is 43.0 Å². The Bertz CT molecular complexity index is 993. The van der Waals surface area contributed by atoms with Crippen molar-refractivity contribution in [3.63, 3.8) is 0 Å². The number of benzene rings is 1. The Labute approximate surface area is 161 Å². The number of amides is 2. The minimum Gasteiger partial charge on any atom is -0.495 e. The monoisotopic (exact) mass is 382 g/mol. The lowest BCUT2D eigenvalue weighted by atomic mass is 10.2. The summed E-state index contributed by atoms with van der Waals surface area (Å²) in [7, 11) is 1.55. The quantitative estimate of drug-likeness (QED) is 0.603. The van der Waals surface area contributed by atoms with Gasteiger partial charge in [0.1, 0.15) is 5.75 Å². The van der Waals surface area contributed by atoms with Crippen LogP contribution in [0.25, 0.3) is 11.5 Å². The highest BCUT2D eigenvalue weighted by Gasteiger charge is 2.19. The summed E-state index contributed by atoms with van der Waals surface area (Å²) in [6.07, 6.45) is 3.81. The number of carbonyl (C=O) groups is 1. The molecule has 2 heterocycles. The van der Waals surface area contributed by atoms with Crippen molar-refractivity contribution < 1.29 is 13.9 Å². The molecule has 0 saturated heterocycles. The predicted molar refractivity (Wildman–Crippen MR) is 102 cm³/mol. The van der Waals surface area contributed by atoms with Crippen molar-refractivity contribution in [3.8, 4) is 17.2 Å². The average Bonchev–Trinajstić information content (AvgIpc) is 3.43. The highest BCUT2D eigenvalue weighted by molar-refractivity contribution is 5.91. The molecule has 2 aromatic heterocycles. The van der Waals surface area contributed by atoms with Crippen LogP contribution in [0.5, 0.6) is 5.75 Å². The number of fused-ring (bicyclic) bond motifs is 1. The molecule has 9 heteroatoms. The van der Waals surface area contributed by atoms with E-state index in [2.05, 4.69) is 31.0 Å². The van der Waals surface area contributed by atoms with E-state index < -0.39 is 0 Å². The molecule has 0 atom stereocenters. The number of hydrogen-bond acceptors (Lipinski definition) is 6. The fourth-order valence-electron chi connectivity index (χ4n) is 3.32. The molecule has 4 rings (SSSR count). The van der Waals surface area contributed by atoms with Crippen LogP contribution in [0.4, 0.5) is 10.5 Å². The zero-order chi connectivity index (χ0) is 19.5. The first-order chi connectivity index (χ1) is 13.7. The van der Waals surface area contributed by atoms with Gasteiger partial charge in [0.2, 0.25) is 11.8 Å². The summed E-state index contributed by atoms with van der Waals surface area (Å²) in [4.78, 5) is 12.4. The van der Waals surface area contributed by atoms with Gasteiger partial charge in [-0.1, -0.05) is 6.92 Å². The van der Waals surface area contributed by atoms with Gasteiger partial charge in [0.05, 0.1) is 25.0 Å². The Hall–Kier alpha value is -3.36. The van der Waals surface area contributed by atoms with E-state index in [0.717, 1.165) is 25.0 Å². The Morgan fingerprint density at radius 3 is 3.00 bits per heavy atom. The second-order valence-electron chi connectivity index (χ2n) is 6.56. The topological polar surface area (TPSA) is 118 Å². The summed E-state index contributed by atoms with van der Waals surface area (Å²) in [5, 5.41) is 21.0. The number of anilines is 1. The molecule has 9 nitrogen and oxygen atoms in total. The number of H-pyrrole nitrogens is 1. The Morgan fingerprint density at radius 2 is 2.21 bits per heavy atom. The molecule has 3 N–H and O–H groups in total.